The Hall–Kier alpha value is -3.72. The van der Waals surface area contributed by atoms with Crippen LogP contribution < -0.4 is 11.1 Å². The van der Waals surface area contributed by atoms with Crippen LogP contribution in [0.4, 0.5) is 5.69 Å². The Labute approximate surface area is 220 Å². The molecule has 7 heteroatoms. The molecule has 0 aromatic heterocycles. The average Bonchev–Trinajstić information content (AvgIpc) is 2.85. The Balaban J connectivity index is 1.56. The van der Waals surface area contributed by atoms with Gasteiger partial charge in [-0.1, -0.05) is 67.4 Å². The van der Waals surface area contributed by atoms with Crippen LogP contribution in [0, 0.1) is 17.2 Å². The van der Waals surface area contributed by atoms with Crippen LogP contribution in [0.3, 0.4) is 0 Å². The third-order valence-corrected chi connectivity index (χ3v) is 6.69. The Morgan fingerprint density at radius 1 is 1.03 bits per heavy atom. The number of nitrogens with two attached hydrogens (primary N) is 1. The van der Waals surface area contributed by atoms with Crippen LogP contribution in [0.15, 0.2) is 90.3 Å². The molecule has 3 aromatic carbocycles. The van der Waals surface area contributed by atoms with Gasteiger partial charge in [0.2, 0.25) is 11.8 Å². The number of allylic oxidation sites excluding steroid dienone is 2. The normalized spacial score (nSPS) is 16.1. The zero-order valence-corrected chi connectivity index (χ0v) is 21.3. The Bertz CT molecular complexity index is 1370. The highest BCUT2D eigenvalue weighted by Crippen LogP contribution is 2.39. The monoisotopic (exact) mass is 517 g/mol. The maximum atomic E-state index is 13.1. The smallest absolute Gasteiger partial charge is 0.232 e. The first-order valence-corrected chi connectivity index (χ1v) is 12.2. The van der Waals surface area contributed by atoms with Crippen molar-refractivity contribution in [3.8, 4) is 6.07 Å². The van der Waals surface area contributed by atoms with Crippen molar-refractivity contribution in [1.29, 1.82) is 5.26 Å². The number of hydrogen-bond acceptors (Lipinski definition) is 4. The summed E-state index contributed by atoms with van der Waals surface area (Å²) in [6.07, 6.45) is 1.83. The quantitative estimate of drug-likeness (QED) is 0.361. The molecule has 0 bridgehead atoms. The summed E-state index contributed by atoms with van der Waals surface area (Å²) < 4.78 is 5.78. The summed E-state index contributed by atoms with van der Waals surface area (Å²) in [6.45, 7) is 4.02. The van der Waals surface area contributed by atoms with Gasteiger partial charge in [-0.15, -0.1) is 0 Å². The molecule has 4 rings (SSSR count). The number of nitrogens with one attached hydrogen (secondary N) is 1. The number of nitrogens with zero attached hydrogens (tertiary/aromatic N) is 1. The summed E-state index contributed by atoms with van der Waals surface area (Å²) in [7, 11) is 0. The molecule has 3 N–H and O–H groups in total. The van der Waals surface area contributed by atoms with Crippen LogP contribution in [0.25, 0.3) is 5.76 Å². The van der Waals surface area contributed by atoms with Crippen LogP contribution in [-0.4, -0.2) is 5.91 Å². The van der Waals surface area contributed by atoms with Gasteiger partial charge in [0.1, 0.15) is 17.4 Å². The maximum absolute atomic E-state index is 13.1. The second-order valence-electron chi connectivity index (χ2n) is 8.86. The number of carbonyl (C=O) groups excluding carboxylic acids is 1. The number of halogens is 2. The van der Waals surface area contributed by atoms with Crippen LogP contribution >= 0.6 is 23.2 Å². The van der Waals surface area contributed by atoms with Crippen LogP contribution in [-0.2, 0) is 9.53 Å². The van der Waals surface area contributed by atoms with Gasteiger partial charge in [0.05, 0.1) is 5.92 Å². The molecule has 2 unspecified atom stereocenters. The molecule has 1 amide bonds. The lowest BCUT2D eigenvalue weighted by Crippen LogP contribution is -2.25. The van der Waals surface area contributed by atoms with Crippen LogP contribution in [0.1, 0.15) is 42.4 Å². The van der Waals surface area contributed by atoms with Crippen molar-refractivity contribution in [2.24, 2.45) is 11.7 Å². The van der Waals surface area contributed by atoms with Crippen molar-refractivity contribution in [2.45, 2.75) is 25.7 Å². The number of benzene rings is 3. The SMILES string of the molecule is CC(C)C(C(=O)Nc1ccc(C2=CC(c3ccccc3Cl)C(C#N)=C(N)O2)cc1)c1ccc(Cl)cc1. The lowest BCUT2D eigenvalue weighted by atomic mass is 9.87. The summed E-state index contributed by atoms with van der Waals surface area (Å²) in [5.74, 6) is -0.208. The first-order valence-electron chi connectivity index (χ1n) is 11.5. The third kappa shape index (κ3) is 5.41. The summed E-state index contributed by atoms with van der Waals surface area (Å²) in [5.41, 5.74) is 9.49. The number of amides is 1. The van der Waals surface area contributed by atoms with E-state index in [1.165, 1.54) is 0 Å². The van der Waals surface area contributed by atoms with E-state index in [0.717, 1.165) is 16.7 Å². The highest BCUT2D eigenvalue weighted by atomic mass is 35.5. The molecule has 0 saturated heterocycles. The van der Waals surface area contributed by atoms with E-state index in [1.807, 2.05) is 62.4 Å². The molecule has 36 heavy (non-hydrogen) atoms. The van der Waals surface area contributed by atoms with Crippen molar-refractivity contribution in [3.63, 3.8) is 0 Å². The van der Waals surface area contributed by atoms with Crippen LogP contribution in [0.5, 0.6) is 0 Å². The van der Waals surface area contributed by atoms with Crippen LogP contribution in [0.2, 0.25) is 10.0 Å². The molecule has 182 valence electrons. The molecular weight excluding hydrogens is 493 g/mol. The molecule has 3 aromatic rings. The van der Waals surface area contributed by atoms with Gasteiger partial charge in [-0.3, -0.25) is 4.79 Å². The number of nitriles is 1. The van der Waals surface area contributed by atoms with Crippen molar-refractivity contribution in [1.82, 2.24) is 0 Å². The second-order valence-corrected chi connectivity index (χ2v) is 9.71. The molecule has 2 atom stereocenters. The van der Waals surface area contributed by atoms with Gasteiger partial charge in [0, 0.05) is 27.2 Å². The van der Waals surface area contributed by atoms with E-state index in [4.69, 9.17) is 33.7 Å². The predicted molar refractivity (Wildman–Crippen MR) is 144 cm³/mol. The highest BCUT2D eigenvalue weighted by Gasteiger charge is 2.28. The van der Waals surface area contributed by atoms with E-state index in [-0.39, 0.29) is 23.6 Å². The number of hydrogen-bond donors (Lipinski definition) is 2. The van der Waals surface area contributed by atoms with E-state index in [2.05, 4.69) is 11.4 Å². The lowest BCUT2D eigenvalue weighted by Gasteiger charge is -2.24. The van der Waals surface area contributed by atoms with Gasteiger partial charge in [-0.2, -0.15) is 5.26 Å². The highest BCUT2D eigenvalue weighted by molar-refractivity contribution is 6.31. The van der Waals surface area contributed by atoms with Gasteiger partial charge < -0.3 is 15.8 Å². The Morgan fingerprint density at radius 3 is 2.31 bits per heavy atom. The van der Waals surface area contributed by atoms with Gasteiger partial charge in [0.15, 0.2) is 0 Å². The molecule has 1 heterocycles. The van der Waals surface area contributed by atoms with E-state index >= 15 is 0 Å². The Kier molecular flexibility index (Phi) is 7.69. The topological polar surface area (TPSA) is 88.1 Å². The first kappa shape index (κ1) is 25.4. The van der Waals surface area contributed by atoms with E-state index < -0.39 is 5.92 Å². The fourth-order valence-corrected chi connectivity index (χ4v) is 4.67. The van der Waals surface area contributed by atoms with Crippen molar-refractivity contribution < 1.29 is 9.53 Å². The van der Waals surface area contributed by atoms with E-state index in [9.17, 15) is 10.1 Å². The molecule has 5 nitrogen and oxygen atoms in total. The standard InChI is InChI=1S/C29H25Cl2N3O2/c1-17(2)27(19-7-11-20(30)12-8-19)29(35)34-21-13-9-18(10-14-21)26-15-23(24(16-32)28(33)36-26)22-5-3-4-6-25(22)31/h3-15,17,23,27H,33H2,1-2H3,(H,34,35). The molecule has 0 spiro atoms. The van der Waals surface area contributed by atoms with Crippen molar-refractivity contribution in [3.05, 3.63) is 117 Å². The van der Waals surface area contributed by atoms with E-state index in [0.29, 0.717) is 27.1 Å². The predicted octanol–water partition coefficient (Wildman–Crippen LogP) is 7.22. The van der Waals surface area contributed by atoms with Gasteiger partial charge in [0.25, 0.3) is 0 Å². The molecule has 0 aliphatic carbocycles. The number of carbonyl (C=O) groups is 1. The van der Waals surface area contributed by atoms with Crippen molar-refractivity contribution in [2.75, 3.05) is 5.32 Å². The fourth-order valence-electron chi connectivity index (χ4n) is 4.29. The summed E-state index contributed by atoms with van der Waals surface area (Å²) >= 11 is 12.4. The number of anilines is 1. The average molecular weight is 518 g/mol. The van der Waals surface area contributed by atoms with Gasteiger partial charge in [-0.25, -0.2) is 0 Å². The van der Waals surface area contributed by atoms with Crippen molar-refractivity contribution >= 4 is 40.6 Å². The number of ether oxygens (including phenoxy) is 1. The molecule has 1 aliphatic rings. The van der Waals surface area contributed by atoms with Gasteiger partial charge in [-0.05, 0) is 65.6 Å². The first-order chi connectivity index (χ1) is 17.3. The third-order valence-electron chi connectivity index (χ3n) is 6.09. The second kappa shape index (κ2) is 10.9. The maximum Gasteiger partial charge on any atom is 0.232 e. The minimum atomic E-state index is -0.432. The summed E-state index contributed by atoms with van der Waals surface area (Å²) in [6, 6.07) is 24.1. The lowest BCUT2D eigenvalue weighted by molar-refractivity contribution is -0.118. The summed E-state index contributed by atoms with van der Waals surface area (Å²) in [4.78, 5) is 13.1. The zero-order chi connectivity index (χ0) is 25.8. The summed E-state index contributed by atoms with van der Waals surface area (Å²) in [5, 5.41) is 13.8. The molecular formula is C29H25Cl2N3O2. The molecule has 0 fully saturated rings. The fraction of sp³-hybridized carbons (Fsp3) is 0.172. The molecule has 0 saturated carbocycles. The minimum absolute atomic E-state index is 0.0417. The largest absolute Gasteiger partial charge is 0.440 e. The minimum Gasteiger partial charge on any atom is -0.440 e. The zero-order valence-electron chi connectivity index (χ0n) is 19.8. The Morgan fingerprint density at radius 2 is 1.69 bits per heavy atom. The van der Waals surface area contributed by atoms with Gasteiger partial charge >= 0.3 is 0 Å². The number of rotatable bonds is 6. The molecule has 0 radical (unpaired) electrons. The van der Waals surface area contributed by atoms with E-state index in [1.54, 1.807) is 30.3 Å². The molecule has 1 aliphatic heterocycles.